The molecule has 0 fully saturated rings. The number of hydrogen-bond donors (Lipinski definition) is 1. The molecule has 3 nitrogen and oxygen atoms in total. The van der Waals surface area contributed by atoms with Crippen LogP contribution in [0, 0.1) is 5.82 Å². The Bertz CT molecular complexity index is 542. The molecule has 0 saturated carbocycles. The molecule has 0 aliphatic carbocycles. The van der Waals surface area contributed by atoms with Crippen molar-refractivity contribution in [1.29, 1.82) is 0 Å². The topological polar surface area (TPSA) is 42.1 Å². The van der Waals surface area contributed by atoms with Gasteiger partial charge in [-0.05, 0) is 43.8 Å². The van der Waals surface area contributed by atoms with Crippen LogP contribution >= 0.6 is 0 Å². The molecule has 1 aromatic heterocycles. The summed E-state index contributed by atoms with van der Waals surface area (Å²) in [6.45, 7) is 2.59. The number of nitrogens with zero attached hydrogens (tertiary/aromatic N) is 2. The van der Waals surface area contributed by atoms with E-state index in [1.165, 1.54) is 6.07 Å². The average Bonchev–Trinajstić information content (AvgIpc) is 2.39. The van der Waals surface area contributed by atoms with Gasteiger partial charge in [-0.25, -0.2) is 4.39 Å². The highest BCUT2D eigenvalue weighted by Crippen LogP contribution is 2.22. The second-order valence-electron chi connectivity index (χ2n) is 5.10. The second kappa shape index (κ2) is 6.59. The summed E-state index contributed by atoms with van der Waals surface area (Å²) in [4.78, 5) is 6.48. The molecular formula is C16H20FN3. The standard InChI is InChI=1S/C16H20FN3/c1-12(18)16(15-8-3-4-9-19-15)20(2)11-13-6-5-7-14(17)10-13/h3-10,12,16H,11,18H2,1-2H3. The number of hydrogen-bond acceptors (Lipinski definition) is 3. The Hall–Kier alpha value is -1.78. The van der Waals surface area contributed by atoms with Gasteiger partial charge in [0.05, 0.1) is 11.7 Å². The average molecular weight is 273 g/mol. The van der Waals surface area contributed by atoms with Crippen LogP contribution in [0.15, 0.2) is 48.7 Å². The fourth-order valence-corrected chi connectivity index (χ4v) is 2.47. The van der Waals surface area contributed by atoms with Crippen LogP contribution in [-0.4, -0.2) is 23.0 Å². The lowest BCUT2D eigenvalue weighted by atomic mass is 10.0. The van der Waals surface area contributed by atoms with Crippen molar-refractivity contribution >= 4 is 0 Å². The Morgan fingerprint density at radius 3 is 2.65 bits per heavy atom. The van der Waals surface area contributed by atoms with Crippen LogP contribution < -0.4 is 5.73 Å². The molecule has 2 rings (SSSR count). The molecule has 2 atom stereocenters. The minimum atomic E-state index is -0.217. The molecule has 1 aromatic carbocycles. The van der Waals surface area contributed by atoms with Crippen LogP contribution in [0.5, 0.6) is 0 Å². The predicted octanol–water partition coefficient (Wildman–Crippen LogP) is 2.74. The van der Waals surface area contributed by atoms with E-state index in [0.29, 0.717) is 6.54 Å². The van der Waals surface area contributed by atoms with Crippen molar-refractivity contribution in [3.05, 3.63) is 65.7 Å². The van der Waals surface area contributed by atoms with Crippen molar-refractivity contribution < 1.29 is 4.39 Å². The minimum absolute atomic E-state index is 0.000493. The first-order valence-electron chi connectivity index (χ1n) is 6.69. The third kappa shape index (κ3) is 3.62. The van der Waals surface area contributed by atoms with Crippen LogP contribution in [0.3, 0.4) is 0 Å². The van der Waals surface area contributed by atoms with E-state index < -0.39 is 0 Å². The highest BCUT2D eigenvalue weighted by atomic mass is 19.1. The first-order chi connectivity index (χ1) is 9.58. The lowest BCUT2D eigenvalue weighted by molar-refractivity contribution is 0.206. The normalized spacial score (nSPS) is 14.2. The van der Waals surface area contributed by atoms with E-state index >= 15 is 0 Å². The van der Waals surface area contributed by atoms with Gasteiger partial charge in [-0.15, -0.1) is 0 Å². The quantitative estimate of drug-likeness (QED) is 0.911. The lowest BCUT2D eigenvalue weighted by Gasteiger charge is -2.30. The molecule has 0 amide bonds. The summed E-state index contributed by atoms with van der Waals surface area (Å²) >= 11 is 0. The Morgan fingerprint density at radius 2 is 2.05 bits per heavy atom. The molecule has 0 bridgehead atoms. The zero-order valence-corrected chi connectivity index (χ0v) is 11.8. The summed E-state index contributed by atoms with van der Waals surface area (Å²) in [6.07, 6.45) is 1.76. The van der Waals surface area contributed by atoms with Gasteiger partial charge in [0.25, 0.3) is 0 Å². The lowest BCUT2D eigenvalue weighted by Crippen LogP contribution is -2.37. The Labute approximate surface area is 119 Å². The van der Waals surface area contributed by atoms with Crippen molar-refractivity contribution in [2.24, 2.45) is 5.73 Å². The summed E-state index contributed by atoms with van der Waals surface area (Å²) in [6, 6.07) is 12.4. The molecule has 0 spiro atoms. The van der Waals surface area contributed by atoms with Gasteiger partial charge in [-0.3, -0.25) is 9.88 Å². The highest BCUT2D eigenvalue weighted by molar-refractivity contribution is 5.17. The number of benzene rings is 1. The number of likely N-dealkylation sites (N-methyl/N-ethyl adjacent to an activating group) is 1. The SMILES string of the molecule is CC(N)C(c1ccccn1)N(C)Cc1cccc(F)c1. The van der Waals surface area contributed by atoms with Gasteiger partial charge in [0.1, 0.15) is 5.82 Å². The van der Waals surface area contributed by atoms with Gasteiger partial charge in [0, 0.05) is 18.8 Å². The van der Waals surface area contributed by atoms with Crippen LogP contribution in [0.25, 0.3) is 0 Å². The predicted molar refractivity (Wildman–Crippen MR) is 78.5 cm³/mol. The van der Waals surface area contributed by atoms with Gasteiger partial charge in [0.15, 0.2) is 0 Å². The van der Waals surface area contributed by atoms with E-state index in [0.717, 1.165) is 11.3 Å². The van der Waals surface area contributed by atoms with Gasteiger partial charge in [-0.1, -0.05) is 18.2 Å². The summed E-state index contributed by atoms with van der Waals surface area (Å²) < 4.78 is 13.2. The van der Waals surface area contributed by atoms with Crippen LogP contribution in [-0.2, 0) is 6.54 Å². The number of halogens is 1. The molecule has 1 heterocycles. The van der Waals surface area contributed by atoms with E-state index in [9.17, 15) is 4.39 Å². The minimum Gasteiger partial charge on any atom is -0.326 e. The van der Waals surface area contributed by atoms with Crippen molar-refractivity contribution in [2.45, 2.75) is 25.6 Å². The van der Waals surface area contributed by atoms with E-state index in [4.69, 9.17) is 5.73 Å². The molecular weight excluding hydrogens is 253 g/mol. The number of pyridine rings is 1. The fourth-order valence-electron chi connectivity index (χ4n) is 2.47. The molecule has 0 saturated heterocycles. The van der Waals surface area contributed by atoms with Crippen molar-refractivity contribution in [1.82, 2.24) is 9.88 Å². The molecule has 2 N–H and O–H groups in total. The van der Waals surface area contributed by atoms with E-state index in [-0.39, 0.29) is 17.9 Å². The molecule has 0 aliphatic rings. The molecule has 4 heteroatoms. The summed E-state index contributed by atoms with van der Waals surface area (Å²) in [5, 5.41) is 0. The third-order valence-corrected chi connectivity index (χ3v) is 3.28. The first-order valence-corrected chi connectivity index (χ1v) is 6.69. The third-order valence-electron chi connectivity index (χ3n) is 3.28. The second-order valence-corrected chi connectivity index (χ2v) is 5.10. The maximum absolute atomic E-state index is 13.2. The summed E-state index contributed by atoms with van der Waals surface area (Å²) in [5.41, 5.74) is 7.95. The maximum Gasteiger partial charge on any atom is 0.123 e. The maximum atomic E-state index is 13.2. The Balaban J connectivity index is 2.18. The van der Waals surface area contributed by atoms with Gasteiger partial charge < -0.3 is 5.73 Å². The molecule has 0 radical (unpaired) electrons. The molecule has 0 aliphatic heterocycles. The van der Waals surface area contributed by atoms with Crippen molar-refractivity contribution in [3.63, 3.8) is 0 Å². The summed E-state index contributed by atoms with van der Waals surface area (Å²) in [7, 11) is 1.98. The number of nitrogens with two attached hydrogens (primary N) is 1. The number of rotatable bonds is 5. The molecule has 106 valence electrons. The highest BCUT2D eigenvalue weighted by Gasteiger charge is 2.22. The largest absolute Gasteiger partial charge is 0.326 e. The van der Waals surface area contributed by atoms with Crippen LogP contribution in [0.1, 0.15) is 24.2 Å². The Morgan fingerprint density at radius 1 is 1.25 bits per heavy atom. The monoisotopic (exact) mass is 273 g/mol. The Kier molecular flexibility index (Phi) is 4.82. The van der Waals surface area contributed by atoms with Crippen molar-refractivity contribution in [3.8, 4) is 0 Å². The van der Waals surface area contributed by atoms with Crippen molar-refractivity contribution in [2.75, 3.05) is 7.05 Å². The summed E-state index contributed by atoms with van der Waals surface area (Å²) in [5.74, 6) is -0.217. The zero-order chi connectivity index (χ0) is 14.5. The fraction of sp³-hybridized carbons (Fsp3) is 0.312. The van der Waals surface area contributed by atoms with Gasteiger partial charge in [-0.2, -0.15) is 0 Å². The molecule has 2 unspecified atom stereocenters. The van der Waals surface area contributed by atoms with Crippen LogP contribution in [0.4, 0.5) is 4.39 Å². The van der Waals surface area contributed by atoms with Crippen LogP contribution in [0.2, 0.25) is 0 Å². The number of aromatic nitrogens is 1. The van der Waals surface area contributed by atoms with E-state index in [1.54, 1.807) is 18.3 Å². The zero-order valence-electron chi connectivity index (χ0n) is 11.8. The smallest absolute Gasteiger partial charge is 0.123 e. The molecule has 2 aromatic rings. The van der Waals surface area contributed by atoms with E-state index in [1.807, 2.05) is 38.2 Å². The molecule has 20 heavy (non-hydrogen) atoms. The van der Waals surface area contributed by atoms with Gasteiger partial charge >= 0.3 is 0 Å². The first kappa shape index (κ1) is 14.6. The van der Waals surface area contributed by atoms with Gasteiger partial charge in [0.2, 0.25) is 0 Å². The van der Waals surface area contributed by atoms with E-state index in [2.05, 4.69) is 9.88 Å².